The average Bonchev–Trinajstić information content (AvgIpc) is 3.22. The summed E-state index contributed by atoms with van der Waals surface area (Å²) in [4.78, 5) is 24.7. The molecule has 1 fully saturated rings. The van der Waals surface area contributed by atoms with Crippen LogP contribution in [-0.2, 0) is 16.0 Å². The molecule has 1 aliphatic rings. The van der Waals surface area contributed by atoms with E-state index in [1.54, 1.807) is 12.1 Å². The van der Waals surface area contributed by atoms with Crippen LogP contribution in [-0.4, -0.2) is 34.0 Å². The van der Waals surface area contributed by atoms with Gasteiger partial charge >= 0.3 is 5.97 Å². The van der Waals surface area contributed by atoms with E-state index in [2.05, 4.69) is 0 Å². The van der Waals surface area contributed by atoms with Gasteiger partial charge in [-0.2, -0.15) is 0 Å². The highest BCUT2D eigenvalue weighted by Gasteiger charge is 2.37. The lowest BCUT2D eigenvalue weighted by Gasteiger charge is -2.26. The maximum atomic E-state index is 12.8. The van der Waals surface area contributed by atoms with Gasteiger partial charge in [0.25, 0.3) is 0 Å². The van der Waals surface area contributed by atoms with Gasteiger partial charge in [-0.3, -0.25) is 4.79 Å². The number of carbonyl (C=O) groups is 2. The van der Waals surface area contributed by atoms with Crippen molar-refractivity contribution in [2.75, 3.05) is 0 Å². The van der Waals surface area contributed by atoms with Crippen LogP contribution in [0.3, 0.4) is 0 Å². The predicted molar refractivity (Wildman–Crippen MR) is 71.7 cm³/mol. The number of carboxylic acids is 1. The fraction of sp³-hybridized carbons (Fsp3) is 0.467. The van der Waals surface area contributed by atoms with Gasteiger partial charge in [-0.25, -0.2) is 9.18 Å². The second kappa shape index (κ2) is 6.03. The number of hydrogen-bond donors (Lipinski definition) is 1. The Hall–Kier alpha value is -1.91. The molecule has 1 N–H and O–H groups in total. The molecule has 0 radical (unpaired) electrons. The minimum absolute atomic E-state index is 0.0711. The first-order chi connectivity index (χ1) is 9.49. The van der Waals surface area contributed by atoms with Crippen molar-refractivity contribution in [3.05, 3.63) is 35.6 Å². The lowest BCUT2D eigenvalue weighted by Crippen LogP contribution is -2.44. The van der Waals surface area contributed by atoms with Crippen LogP contribution in [0.5, 0.6) is 0 Å². The van der Waals surface area contributed by atoms with E-state index in [0.717, 1.165) is 18.4 Å². The van der Waals surface area contributed by atoms with Crippen molar-refractivity contribution in [1.82, 2.24) is 4.90 Å². The second-order valence-corrected chi connectivity index (χ2v) is 5.17. The molecule has 5 heteroatoms. The number of rotatable bonds is 6. The zero-order chi connectivity index (χ0) is 14.7. The summed E-state index contributed by atoms with van der Waals surface area (Å²) >= 11 is 0. The Balaban J connectivity index is 1.95. The highest BCUT2D eigenvalue weighted by molar-refractivity contribution is 5.84. The quantitative estimate of drug-likeness (QED) is 0.868. The molecule has 1 aliphatic carbocycles. The second-order valence-electron chi connectivity index (χ2n) is 5.17. The Morgan fingerprint density at radius 1 is 1.35 bits per heavy atom. The summed E-state index contributed by atoms with van der Waals surface area (Å²) in [5, 5.41) is 9.06. The molecule has 1 aromatic rings. The number of carbonyl (C=O) groups excluding carboxylic acids is 1. The molecule has 1 unspecified atom stereocenters. The summed E-state index contributed by atoms with van der Waals surface area (Å²) in [6.45, 7) is 1.54. The first-order valence-corrected chi connectivity index (χ1v) is 6.77. The van der Waals surface area contributed by atoms with E-state index in [1.807, 2.05) is 0 Å². The summed E-state index contributed by atoms with van der Waals surface area (Å²) in [7, 11) is 0. The van der Waals surface area contributed by atoms with Crippen molar-refractivity contribution >= 4 is 11.9 Å². The van der Waals surface area contributed by atoms with Gasteiger partial charge in [0, 0.05) is 12.5 Å². The number of benzene rings is 1. The lowest BCUT2D eigenvalue weighted by molar-refractivity contribution is -0.150. The highest BCUT2D eigenvalue weighted by atomic mass is 19.1. The predicted octanol–water partition coefficient (Wildman–Crippen LogP) is 2.22. The molecular weight excluding hydrogens is 261 g/mol. The molecule has 0 bridgehead atoms. The molecule has 20 heavy (non-hydrogen) atoms. The minimum Gasteiger partial charge on any atom is -0.480 e. The Labute approximate surface area is 117 Å². The van der Waals surface area contributed by atoms with E-state index in [-0.39, 0.29) is 24.2 Å². The van der Waals surface area contributed by atoms with Crippen LogP contribution >= 0.6 is 0 Å². The topological polar surface area (TPSA) is 57.6 Å². The van der Waals surface area contributed by atoms with Crippen LogP contribution in [0.15, 0.2) is 24.3 Å². The molecule has 0 heterocycles. The molecule has 1 atom stereocenters. The number of nitrogens with zero attached hydrogens (tertiary/aromatic N) is 1. The lowest BCUT2D eigenvalue weighted by atomic mass is 10.1. The summed E-state index contributed by atoms with van der Waals surface area (Å²) in [5.41, 5.74) is 0.874. The van der Waals surface area contributed by atoms with E-state index >= 15 is 0 Å². The Bertz CT molecular complexity index is 496. The normalized spacial score (nSPS) is 15.7. The van der Waals surface area contributed by atoms with Gasteiger partial charge in [0.2, 0.25) is 5.91 Å². The van der Waals surface area contributed by atoms with E-state index in [0.29, 0.717) is 6.42 Å². The summed E-state index contributed by atoms with van der Waals surface area (Å²) in [5.74, 6) is -1.43. The van der Waals surface area contributed by atoms with Gasteiger partial charge < -0.3 is 10.0 Å². The van der Waals surface area contributed by atoms with Crippen LogP contribution in [0, 0.1) is 5.82 Å². The monoisotopic (exact) mass is 279 g/mol. The van der Waals surface area contributed by atoms with Gasteiger partial charge in [-0.15, -0.1) is 0 Å². The smallest absolute Gasteiger partial charge is 0.326 e. The van der Waals surface area contributed by atoms with Gasteiger partial charge in [0.1, 0.15) is 11.9 Å². The van der Waals surface area contributed by atoms with Gasteiger partial charge in [0.15, 0.2) is 0 Å². The molecule has 108 valence electrons. The standard InChI is InChI=1S/C15H18FNO3/c1-10(15(19)20)17(13-7-8-13)14(18)9-4-11-2-5-12(16)6-3-11/h2-3,5-6,10,13H,4,7-9H2,1H3,(H,19,20). The van der Waals surface area contributed by atoms with Crippen molar-refractivity contribution in [1.29, 1.82) is 0 Å². The van der Waals surface area contributed by atoms with Crippen molar-refractivity contribution in [2.45, 2.75) is 44.7 Å². The average molecular weight is 279 g/mol. The number of carboxylic acid groups (broad SMARTS) is 1. The van der Waals surface area contributed by atoms with Crippen molar-refractivity contribution in [3.63, 3.8) is 0 Å². The molecule has 0 aliphatic heterocycles. The first-order valence-electron chi connectivity index (χ1n) is 6.77. The third-order valence-corrected chi connectivity index (χ3v) is 3.54. The fourth-order valence-electron chi connectivity index (χ4n) is 2.24. The number of halogens is 1. The highest BCUT2D eigenvalue weighted by Crippen LogP contribution is 2.29. The Kier molecular flexibility index (Phi) is 4.37. The number of aryl methyl sites for hydroxylation is 1. The van der Waals surface area contributed by atoms with Crippen molar-refractivity contribution in [2.24, 2.45) is 0 Å². The van der Waals surface area contributed by atoms with Crippen LogP contribution in [0.1, 0.15) is 31.7 Å². The molecular formula is C15H18FNO3. The molecule has 1 aromatic carbocycles. The van der Waals surface area contributed by atoms with Gasteiger partial charge in [0.05, 0.1) is 0 Å². The molecule has 2 rings (SSSR count). The van der Waals surface area contributed by atoms with Crippen LogP contribution in [0.25, 0.3) is 0 Å². The fourth-order valence-corrected chi connectivity index (χ4v) is 2.24. The SMILES string of the molecule is CC(C(=O)O)N(C(=O)CCc1ccc(F)cc1)C1CC1. The summed E-state index contributed by atoms with van der Waals surface area (Å²) in [6, 6.07) is 5.29. The molecule has 4 nitrogen and oxygen atoms in total. The number of hydrogen-bond acceptors (Lipinski definition) is 2. The van der Waals surface area contributed by atoms with Crippen molar-refractivity contribution < 1.29 is 19.1 Å². The minimum atomic E-state index is -0.980. The number of aliphatic carboxylic acids is 1. The van der Waals surface area contributed by atoms with Crippen LogP contribution < -0.4 is 0 Å². The van der Waals surface area contributed by atoms with E-state index in [1.165, 1.54) is 24.0 Å². The van der Waals surface area contributed by atoms with E-state index in [9.17, 15) is 14.0 Å². The maximum absolute atomic E-state index is 12.8. The van der Waals surface area contributed by atoms with Gasteiger partial charge in [-0.1, -0.05) is 12.1 Å². The third kappa shape index (κ3) is 3.56. The van der Waals surface area contributed by atoms with Gasteiger partial charge in [-0.05, 0) is 43.9 Å². The Morgan fingerprint density at radius 2 is 1.95 bits per heavy atom. The Morgan fingerprint density at radius 3 is 2.45 bits per heavy atom. The largest absolute Gasteiger partial charge is 0.480 e. The third-order valence-electron chi connectivity index (χ3n) is 3.54. The van der Waals surface area contributed by atoms with Crippen LogP contribution in [0.4, 0.5) is 4.39 Å². The zero-order valence-electron chi connectivity index (χ0n) is 11.4. The maximum Gasteiger partial charge on any atom is 0.326 e. The summed E-state index contributed by atoms with van der Waals surface area (Å²) in [6.07, 6.45) is 2.49. The van der Waals surface area contributed by atoms with E-state index in [4.69, 9.17) is 5.11 Å². The molecule has 0 aromatic heterocycles. The zero-order valence-corrected chi connectivity index (χ0v) is 11.4. The first kappa shape index (κ1) is 14.5. The van der Waals surface area contributed by atoms with E-state index < -0.39 is 12.0 Å². The summed E-state index contributed by atoms with van der Waals surface area (Å²) < 4.78 is 12.8. The number of amides is 1. The molecule has 0 saturated heterocycles. The van der Waals surface area contributed by atoms with Crippen LogP contribution in [0.2, 0.25) is 0 Å². The molecule has 0 spiro atoms. The molecule has 1 saturated carbocycles. The molecule has 1 amide bonds. The van der Waals surface area contributed by atoms with Crippen molar-refractivity contribution in [3.8, 4) is 0 Å².